The molecule has 0 fully saturated rings. The molecule has 0 unspecified atom stereocenters. The lowest BCUT2D eigenvalue weighted by Crippen LogP contribution is -1.88. The molecule has 72 valence electrons. The molecular weight excluding hydrogens is 190 g/mol. The number of hydrogen-bond donors (Lipinski definition) is 1. The van der Waals surface area contributed by atoms with E-state index in [1.165, 1.54) is 12.3 Å². The van der Waals surface area contributed by atoms with Crippen LogP contribution in [0.15, 0.2) is 36.7 Å². The molecule has 0 radical (unpaired) electrons. The topological polar surface area (TPSA) is 69.8 Å². The molecule has 0 bridgehead atoms. The van der Waals surface area contributed by atoms with E-state index in [2.05, 4.69) is 9.97 Å². The van der Waals surface area contributed by atoms with Gasteiger partial charge in [-0.05, 0) is 18.2 Å². The molecule has 0 aliphatic rings. The first-order chi connectivity index (χ1) is 7.31. The van der Waals surface area contributed by atoms with Crippen molar-refractivity contribution in [3.8, 4) is 23.2 Å². The van der Waals surface area contributed by atoms with E-state index in [-0.39, 0.29) is 11.3 Å². The Morgan fingerprint density at radius 1 is 1.20 bits per heavy atom. The molecule has 15 heavy (non-hydrogen) atoms. The highest BCUT2D eigenvalue weighted by atomic mass is 16.3. The zero-order chi connectivity index (χ0) is 10.7. The van der Waals surface area contributed by atoms with Crippen molar-refractivity contribution in [3.05, 3.63) is 42.2 Å². The van der Waals surface area contributed by atoms with Crippen molar-refractivity contribution in [2.75, 3.05) is 0 Å². The molecule has 0 saturated carbocycles. The lowest BCUT2D eigenvalue weighted by Gasteiger charge is -2.00. The molecule has 2 aromatic heterocycles. The van der Waals surface area contributed by atoms with Gasteiger partial charge in [0.25, 0.3) is 0 Å². The molecule has 0 aromatic carbocycles. The average molecular weight is 197 g/mol. The predicted molar refractivity (Wildman–Crippen MR) is 53.8 cm³/mol. The standard InChI is InChI=1S/C11H7N3O/c12-6-8-5-10(14-7-11(8)15)9-3-1-2-4-13-9/h1-5,7,15H. The molecule has 2 rings (SSSR count). The van der Waals surface area contributed by atoms with Gasteiger partial charge in [-0.15, -0.1) is 0 Å². The lowest BCUT2D eigenvalue weighted by molar-refractivity contribution is 0.471. The molecule has 0 amide bonds. The average Bonchev–Trinajstić information content (AvgIpc) is 2.31. The number of pyridine rings is 2. The van der Waals surface area contributed by atoms with Gasteiger partial charge in [0, 0.05) is 6.20 Å². The van der Waals surface area contributed by atoms with Crippen molar-refractivity contribution >= 4 is 0 Å². The fourth-order valence-electron chi connectivity index (χ4n) is 1.19. The molecule has 4 heteroatoms. The summed E-state index contributed by atoms with van der Waals surface area (Å²) in [5, 5.41) is 18.0. The summed E-state index contributed by atoms with van der Waals surface area (Å²) in [4.78, 5) is 8.09. The summed E-state index contributed by atoms with van der Waals surface area (Å²) in [6, 6.07) is 8.83. The fourth-order valence-corrected chi connectivity index (χ4v) is 1.19. The van der Waals surface area contributed by atoms with E-state index in [0.717, 1.165) is 0 Å². The maximum Gasteiger partial charge on any atom is 0.151 e. The van der Waals surface area contributed by atoms with Crippen LogP contribution in [0.25, 0.3) is 11.4 Å². The number of rotatable bonds is 1. The maximum atomic E-state index is 9.28. The Morgan fingerprint density at radius 2 is 2.07 bits per heavy atom. The minimum atomic E-state index is -0.114. The van der Waals surface area contributed by atoms with Crippen molar-refractivity contribution in [1.82, 2.24) is 9.97 Å². The maximum absolute atomic E-state index is 9.28. The first-order valence-electron chi connectivity index (χ1n) is 4.32. The third kappa shape index (κ3) is 1.76. The lowest BCUT2D eigenvalue weighted by atomic mass is 10.2. The third-order valence-corrected chi connectivity index (χ3v) is 1.93. The fraction of sp³-hybridized carbons (Fsp3) is 0. The second kappa shape index (κ2) is 3.76. The van der Waals surface area contributed by atoms with Crippen LogP contribution in [0.4, 0.5) is 0 Å². The van der Waals surface area contributed by atoms with Crippen LogP contribution in [0.3, 0.4) is 0 Å². The first-order valence-corrected chi connectivity index (χ1v) is 4.32. The van der Waals surface area contributed by atoms with Gasteiger partial charge in [0.1, 0.15) is 6.07 Å². The molecule has 0 aliphatic carbocycles. The normalized spacial score (nSPS) is 9.53. The summed E-state index contributed by atoms with van der Waals surface area (Å²) < 4.78 is 0. The van der Waals surface area contributed by atoms with Gasteiger partial charge < -0.3 is 5.11 Å². The summed E-state index contributed by atoms with van der Waals surface area (Å²) in [6.07, 6.45) is 2.90. The Labute approximate surface area is 86.5 Å². The van der Waals surface area contributed by atoms with Crippen molar-refractivity contribution in [3.63, 3.8) is 0 Å². The van der Waals surface area contributed by atoms with Crippen LogP contribution in [-0.4, -0.2) is 15.1 Å². The van der Waals surface area contributed by atoms with Crippen molar-refractivity contribution < 1.29 is 5.11 Å². The van der Waals surface area contributed by atoms with Crippen LogP contribution in [-0.2, 0) is 0 Å². The van der Waals surface area contributed by atoms with Gasteiger partial charge in [-0.25, -0.2) is 0 Å². The van der Waals surface area contributed by atoms with Crippen LogP contribution < -0.4 is 0 Å². The zero-order valence-corrected chi connectivity index (χ0v) is 7.75. The van der Waals surface area contributed by atoms with Gasteiger partial charge in [-0.3, -0.25) is 9.97 Å². The molecule has 2 aromatic rings. The van der Waals surface area contributed by atoms with Gasteiger partial charge in [0.05, 0.1) is 23.1 Å². The van der Waals surface area contributed by atoms with E-state index in [0.29, 0.717) is 11.4 Å². The van der Waals surface area contributed by atoms with Crippen LogP contribution >= 0.6 is 0 Å². The first kappa shape index (κ1) is 9.16. The monoisotopic (exact) mass is 197 g/mol. The highest BCUT2D eigenvalue weighted by molar-refractivity contribution is 5.58. The Kier molecular flexibility index (Phi) is 2.30. The molecule has 0 spiro atoms. The van der Waals surface area contributed by atoms with Gasteiger partial charge >= 0.3 is 0 Å². The Balaban J connectivity index is 2.52. The van der Waals surface area contributed by atoms with Crippen molar-refractivity contribution in [2.45, 2.75) is 0 Å². The summed E-state index contributed by atoms with van der Waals surface area (Å²) in [5.74, 6) is -0.114. The number of aromatic hydroxyl groups is 1. The largest absolute Gasteiger partial charge is 0.505 e. The summed E-state index contributed by atoms with van der Waals surface area (Å²) in [7, 11) is 0. The Hall–Kier alpha value is -2.41. The van der Waals surface area contributed by atoms with Gasteiger partial charge in [-0.1, -0.05) is 6.07 Å². The quantitative estimate of drug-likeness (QED) is 0.755. The number of hydrogen-bond acceptors (Lipinski definition) is 4. The number of nitriles is 1. The van der Waals surface area contributed by atoms with Gasteiger partial charge in [0.2, 0.25) is 0 Å². The summed E-state index contributed by atoms with van der Waals surface area (Å²) in [5.41, 5.74) is 1.45. The third-order valence-electron chi connectivity index (χ3n) is 1.93. The van der Waals surface area contributed by atoms with Gasteiger partial charge in [-0.2, -0.15) is 5.26 Å². The van der Waals surface area contributed by atoms with E-state index in [1.54, 1.807) is 18.3 Å². The summed E-state index contributed by atoms with van der Waals surface area (Å²) in [6.45, 7) is 0. The molecule has 0 atom stereocenters. The minimum Gasteiger partial charge on any atom is -0.505 e. The van der Waals surface area contributed by atoms with E-state index in [9.17, 15) is 5.11 Å². The van der Waals surface area contributed by atoms with Crippen molar-refractivity contribution in [2.24, 2.45) is 0 Å². The van der Waals surface area contributed by atoms with Crippen molar-refractivity contribution in [1.29, 1.82) is 5.26 Å². The minimum absolute atomic E-state index is 0.114. The second-order valence-electron chi connectivity index (χ2n) is 2.91. The van der Waals surface area contributed by atoms with Crippen LogP contribution in [0, 0.1) is 11.3 Å². The number of aromatic nitrogens is 2. The highest BCUT2D eigenvalue weighted by Gasteiger charge is 2.05. The smallest absolute Gasteiger partial charge is 0.151 e. The SMILES string of the molecule is N#Cc1cc(-c2ccccn2)ncc1O. The zero-order valence-electron chi connectivity index (χ0n) is 7.75. The Morgan fingerprint density at radius 3 is 2.73 bits per heavy atom. The molecule has 1 N–H and O–H groups in total. The Bertz CT molecular complexity index is 517. The van der Waals surface area contributed by atoms with Crippen LogP contribution in [0.1, 0.15) is 5.56 Å². The van der Waals surface area contributed by atoms with Crippen LogP contribution in [0.2, 0.25) is 0 Å². The van der Waals surface area contributed by atoms with E-state index < -0.39 is 0 Å². The second-order valence-corrected chi connectivity index (χ2v) is 2.91. The molecule has 2 heterocycles. The van der Waals surface area contributed by atoms with E-state index in [1.807, 2.05) is 12.1 Å². The summed E-state index contributed by atoms with van der Waals surface area (Å²) >= 11 is 0. The van der Waals surface area contributed by atoms with Gasteiger partial charge in [0.15, 0.2) is 5.75 Å². The van der Waals surface area contributed by atoms with E-state index in [4.69, 9.17) is 5.26 Å². The highest BCUT2D eigenvalue weighted by Crippen LogP contribution is 2.20. The number of nitrogens with zero attached hydrogens (tertiary/aromatic N) is 3. The molecule has 4 nitrogen and oxygen atoms in total. The van der Waals surface area contributed by atoms with Crippen LogP contribution in [0.5, 0.6) is 5.75 Å². The van der Waals surface area contributed by atoms with E-state index >= 15 is 0 Å². The molecular formula is C11H7N3O. The molecule has 0 saturated heterocycles. The predicted octanol–water partition coefficient (Wildman–Crippen LogP) is 1.72. The molecule has 0 aliphatic heterocycles.